The van der Waals surface area contributed by atoms with Gasteiger partial charge in [0.1, 0.15) is 0 Å². The second-order valence-corrected chi connectivity index (χ2v) is 3.87. The number of rotatable bonds is 3. The molecule has 4 heteroatoms. The number of ether oxygens (including phenoxy) is 1. The Morgan fingerprint density at radius 1 is 1.69 bits per heavy atom. The van der Waals surface area contributed by atoms with Crippen molar-refractivity contribution in [2.45, 2.75) is 26.4 Å². The van der Waals surface area contributed by atoms with Crippen molar-refractivity contribution in [1.29, 1.82) is 0 Å². The van der Waals surface area contributed by atoms with Crippen molar-refractivity contribution in [2.75, 3.05) is 13.2 Å². The van der Waals surface area contributed by atoms with Gasteiger partial charge in [-0.15, -0.1) is 0 Å². The van der Waals surface area contributed by atoms with Crippen LogP contribution in [-0.4, -0.2) is 25.3 Å². The maximum Gasteiger partial charge on any atom is 0.312 e. The first-order valence-electron chi connectivity index (χ1n) is 4.76. The molecule has 3 N–H and O–H groups in total. The molecular weight excluding hydrogens is 168 g/mol. The molecule has 1 rings (SSSR count). The quantitative estimate of drug-likeness (QED) is 0.682. The van der Waals surface area contributed by atoms with E-state index in [9.17, 15) is 4.79 Å². The summed E-state index contributed by atoms with van der Waals surface area (Å²) in [7, 11) is 0. The maximum atomic E-state index is 10.5. The Balaban J connectivity index is 2.35. The molecule has 0 bridgehead atoms. The van der Waals surface area contributed by atoms with E-state index in [4.69, 9.17) is 10.5 Å². The van der Waals surface area contributed by atoms with Crippen molar-refractivity contribution in [2.24, 2.45) is 17.6 Å². The molecule has 4 nitrogen and oxygen atoms in total. The molecule has 0 saturated carbocycles. The molecule has 1 fully saturated rings. The first kappa shape index (κ1) is 10.3. The Labute approximate surface area is 78.8 Å². The predicted molar refractivity (Wildman–Crippen MR) is 50.3 cm³/mol. The molecule has 0 aromatic rings. The third-order valence-corrected chi connectivity index (χ3v) is 2.46. The molecule has 1 saturated heterocycles. The molecule has 0 spiro atoms. The number of primary amides is 1. The van der Waals surface area contributed by atoms with Gasteiger partial charge in [0.15, 0.2) is 0 Å². The van der Waals surface area contributed by atoms with Crippen molar-refractivity contribution in [3.05, 3.63) is 0 Å². The Hall–Kier alpha value is -0.770. The van der Waals surface area contributed by atoms with E-state index in [1.165, 1.54) is 0 Å². The van der Waals surface area contributed by atoms with E-state index in [0.717, 1.165) is 13.0 Å². The van der Waals surface area contributed by atoms with Crippen LogP contribution in [0, 0.1) is 11.8 Å². The maximum absolute atomic E-state index is 10.5. The average Bonchev–Trinajstić information content (AvgIpc) is 2.47. The van der Waals surface area contributed by atoms with Gasteiger partial charge in [-0.2, -0.15) is 0 Å². The standard InChI is InChI=1S/C9H18N2O2/c1-6(2)8-7(3-4-13-8)5-11-9(10)12/h6-8H,3-5H2,1-2H3,(H3,10,11,12). The Kier molecular flexibility index (Phi) is 3.54. The molecule has 2 unspecified atom stereocenters. The van der Waals surface area contributed by atoms with Crippen LogP contribution in [0.5, 0.6) is 0 Å². The summed E-state index contributed by atoms with van der Waals surface area (Å²) >= 11 is 0. The van der Waals surface area contributed by atoms with Crippen LogP contribution < -0.4 is 11.1 Å². The zero-order chi connectivity index (χ0) is 9.84. The second kappa shape index (κ2) is 4.46. The minimum absolute atomic E-state index is 0.270. The summed E-state index contributed by atoms with van der Waals surface area (Å²) in [5.41, 5.74) is 5.00. The fraction of sp³-hybridized carbons (Fsp3) is 0.889. The van der Waals surface area contributed by atoms with E-state index in [1.807, 2.05) is 0 Å². The third-order valence-electron chi connectivity index (χ3n) is 2.46. The summed E-state index contributed by atoms with van der Waals surface area (Å²) in [5.74, 6) is 0.926. The number of amides is 2. The molecule has 76 valence electrons. The van der Waals surface area contributed by atoms with Crippen LogP contribution in [0.15, 0.2) is 0 Å². The molecule has 2 atom stereocenters. The van der Waals surface area contributed by atoms with Crippen molar-refractivity contribution >= 4 is 6.03 Å². The van der Waals surface area contributed by atoms with E-state index in [2.05, 4.69) is 19.2 Å². The van der Waals surface area contributed by atoms with E-state index in [-0.39, 0.29) is 6.10 Å². The lowest BCUT2D eigenvalue weighted by Crippen LogP contribution is -2.37. The number of hydrogen-bond donors (Lipinski definition) is 2. The first-order valence-corrected chi connectivity index (χ1v) is 4.76. The van der Waals surface area contributed by atoms with Gasteiger partial charge < -0.3 is 15.8 Å². The van der Waals surface area contributed by atoms with Gasteiger partial charge in [-0.05, 0) is 12.3 Å². The SMILES string of the molecule is CC(C)C1OCCC1CNC(N)=O. The number of carbonyl (C=O) groups excluding carboxylic acids is 1. The molecule has 2 amide bonds. The summed E-state index contributed by atoms with van der Waals surface area (Å²) in [5, 5.41) is 2.63. The van der Waals surface area contributed by atoms with Gasteiger partial charge in [0.2, 0.25) is 0 Å². The van der Waals surface area contributed by atoms with Gasteiger partial charge in [-0.3, -0.25) is 0 Å². The summed E-state index contributed by atoms with van der Waals surface area (Å²) in [6.45, 7) is 5.70. The van der Waals surface area contributed by atoms with Crippen LogP contribution in [0.4, 0.5) is 4.79 Å². The van der Waals surface area contributed by atoms with Gasteiger partial charge in [-0.25, -0.2) is 4.79 Å². The Morgan fingerprint density at radius 3 is 2.92 bits per heavy atom. The number of urea groups is 1. The topological polar surface area (TPSA) is 64.3 Å². The van der Waals surface area contributed by atoms with Crippen LogP contribution in [0.25, 0.3) is 0 Å². The number of carbonyl (C=O) groups is 1. The average molecular weight is 186 g/mol. The minimum Gasteiger partial charge on any atom is -0.378 e. The first-order chi connectivity index (χ1) is 6.11. The van der Waals surface area contributed by atoms with Gasteiger partial charge in [0, 0.05) is 19.1 Å². The summed E-state index contributed by atoms with van der Waals surface area (Å²) in [6.07, 6.45) is 1.29. The molecule has 1 aliphatic rings. The highest BCUT2D eigenvalue weighted by atomic mass is 16.5. The predicted octanol–water partition coefficient (Wildman–Crippen LogP) is 0.716. The molecule has 0 aliphatic carbocycles. The van der Waals surface area contributed by atoms with Crippen LogP contribution in [0.1, 0.15) is 20.3 Å². The molecule has 0 radical (unpaired) electrons. The zero-order valence-corrected chi connectivity index (χ0v) is 8.25. The Morgan fingerprint density at radius 2 is 2.38 bits per heavy atom. The lowest BCUT2D eigenvalue weighted by atomic mass is 9.93. The van der Waals surface area contributed by atoms with Crippen molar-refractivity contribution in [3.63, 3.8) is 0 Å². The summed E-state index contributed by atoms with van der Waals surface area (Å²) in [6, 6.07) is -0.450. The number of nitrogens with one attached hydrogen (secondary N) is 1. The van der Waals surface area contributed by atoms with Crippen LogP contribution in [0.3, 0.4) is 0 Å². The van der Waals surface area contributed by atoms with Gasteiger partial charge in [0.05, 0.1) is 6.10 Å². The number of hydrogen-bond acceptors (Lipinski definition) is 2. The van der Waals surface area contributed by atoms with E-state index < -0.39 is 6.03 Å². The highest BCUT2D eigenvalue weighted by molar-refractivity contribution is 5.71. The largest absolute Gasteiger partial charge is 0.378 e. The second-order valence-electron chi connectivity index (χ2n) is 3.87. The lowest BCUT2D eigenvalue weighted by Gasteiger charge is -2.21. The molecule has 1 aliphatic heterocycles. The van der Waals surface area contributed by atoms with E-state index in [1.54, 1.807) is 0 Å². The van der Waals surface area contributed by atoms with Crippen molar-refractivity contribution < 1.29 is 9.53 Å². The van der Waals surface area contributed by atoms with Crippen molar-refractivity contribution in [3.8, 4) is 0 Å². The fourth-order valence-corrected chi connectivity index (χ4v) is 1.84. The van der Waals surface area contributed by atoms with Gasteiger partial charge in [-0.1, -0.05) is 13.8 Å². The monoisotopic (exact) mass is 186 g/mol. The molecular formula is C9H18N2O2. The molecule has 13 heavy (non-hydrogen) atoms. The van der Waals surface area contributed by atoms with Crippen LogP contribution in [0.2, 0.25) is 0 Å². The third kappa shape index (κ3) is 2.88. The molecule has 0 aromatic carbocycles. The smallest absolute Gasteiger partial charge is 0.312 e. The zero-order valence-electron chi connectivity index (χ0n) is 8.25. The van der Waals surface area contributed by atoms with E-state index in [0.29, 0.717) is 18.4 Å². The van der Waals surface area contributed by atoms with Crippen LogP contribution in [-0.2, 0) is 4.74 Å². The van der Waals surface area contributed by atoms with E-state index >= 15 is 0 Å². The lowest BCUT2D eigenvalue weighted by molar-refractivity contribution is 0.0546. The van der Waals surface area contributed by atoms with Gasteiger partial charge >= 0.3 is 6.03 Å². The molecule has 0 aromatic heterocycles. The summed E-state index contributed by atoms with van der Waals surface area (Å²) in [4.78, 5) is 10.5. The van der Waals surface area contributed by atoms with Gasteiger partial charge in [0.25, 0.3) is 0 Å². The highest BCUT2D eigenvalue weighted by Gasteiger charge is 2.30. The normalized spacial score (nSPS) is 27.9. The fourth-order valence-electron chi connectivity index (χ4n) is 1.84. The number of nitrogens with two attached hydrogens (primary N) is 1. The summed E-state index contributed by atoms with van der Waals surface area (Å²) < 4.78 is 5.57. The highest BCUT2D eigenvalue weighted by Crippen LogP contribution is 2.25. The minimum atomic E-state index is -0.450. The van der Waals surface area contributed by atoms with Crippen LogP contribution >= 0.6 is 0 Å². The van der Waals surface area contributed by atoms with Crippen molar-refractivity contribution in [1.82, 2.24) is 5.32 Å². The Bertz CT molecular complexity index is 182. The molecule has 1 heterocycles.